The molecule has 0 saturated heterocycles. The predicted octanol–water partition coefficient (Wildman–Crippen LogP) is 2.07. The number of carbonyl (C=O) groups excluding carboxylic acids is 1. The van der Waals surface area contributed by atoms with E-state index in [9.17, 15) is 4.79 Å². The van der Waals surface area contributed by atoms with Gasteiger partial charge in [0, 0.05) is 5.92 Å². The summed E-state index contributed by atoms with van der Waals surface area (Å²) in [4.78, 5) is 11.2. The Morgan fingerprint density at radius 1 is 1.45 bits per heavy atom. The molecule has 2 heteroatoms. The van der Waals surface area contributed by atoms with Gasteiger partial charge in [0.2, 0.25) is 5.78 Å². The highest BCUT2D eigenvalue weighted by molar-refractivity contribution is 8.03. The molecule has 0 unspecified atom stereocenters. The lowest BCUT2D eigenvalue weighted by Gasteiger charge is -1.98. The maximum Gasteiger partial charge on any atom is 0.209 e. The summed E-state index contributed by atoms with van der Waals surface area (Å²) in [6, 6.07) is 0. The molecule has 0 spiro atoms. The number of Topliss-reactive ketones (excluding diaryl/α,β-unsaturated/α-hetero) is 1. The zero-order valence-electron chi connectivity index (χ0n) is 6.72. The molecule has 0 aliphatic heterocycles. The van der Waals surface area contributed by atoms with Gasteiger partial charge in [-0.2, -0.15) is 0 Å². The monoisotopic (exact) mass is 168 g/mol. The lowest BCUT2D eigenvalue weighted by Crippen LogP contribution is -2.06. The summed E-state index contributed by atoms with van der Waals surface area (Å²) < 4.78 is 0. The summed E-state index contributed by atoms with van der Waals surface area (Å²) >= 11 is 1.41. The van der Waals surface area contributed by atoms with Crippen molar-refractivity contribution >= 4 is 17.5 Å². The Kier molecular flexibility index (Phi) is 3.51. The van der Waals surface area contributed by atoms with Gasteiger partial charge in [-0.15, -0.1) is 0 Å². The second-order valence-electron chi connectivity index (χ2n) is 2.78. The summed E-state index contributed by atoms with van der Waals surface area (Å²) in [6.45, 7) is 0. The molecule has 0 N–H and O–H groups in total. The highest BCUT2D eigenvalue weighted by Crippen LogP contribution is 2.24. The zero-order valence-corrected chi connectivity index (χ0v) is 7.54. The van der Waals surface area contributed by atoms with Crippen molar-refractivity contribution in [2.24, 2.45) is 5.92 Å². The average Bonchev–Trinajstić information content (AvgIpc) is 2.52. The summed E-state index contributed by atoms with van der Waals surface area (Å²) in [6.07, 6.45) is 6.41. The van der Waals surface area contributed by atoms with Crippen LogP contribution in [-0.4, -0.2) is 12.0 Å². The summed E-state index contributed by atoms with van der Waals surface area (Å²) in [5.74, 6) is 3.06. The maximum absolute atomic E-state index is 11.2. The van der Waals surface area contributed by atoms with Crippen LogP contribution in [0.15, 0.2) is 0 Å². The highest BCUT2D eigenvalue weighted by atomic mass is 32.2. The molecule has 0 radical (unpaired) electrons. The second kappa shape index (κ2) is 4.46. The van der Waals surface area contributed by atoms with Crippen molar-refractivity contribution in [2.45, 2.75) is 25.7 Å². The molecule has 0 aromatic rings. The Hall–Kier alpha value is -0.420. The Balaban J connectivity index is 2.40. The van der Waals surface area contributed by atoms with E-state index < -0.39 is 0 Å². The Labute approximate surface area is 71.9 Å². The van der Waals surface area contributed by atoms with E-state index in [1.807, 2.05) is 6.26 Å². The van der Waals surface area contributed by atoms with E-state index in [1.54, 1.807) is 0 Å². The first-order valence-electron chi connectivity index (χ1n) is 3.92. The van der Waals surface area contributed by atoms with Crippen LogP contribution in [0.3, 0.4) is 0 Å². The van der Waals surface area contributed by atoms with Gasteiger partial charge in [0.15, 0.2) is 0 Å². The largest absolute Gasteiger partial charge is 0.285 e. The van der Waals surface area contributed by atoms with E-state index >= 15 is 0 Å². The minimum Gasteiger partial charge on any atom is -0.285 e. The van der Waals surface area contributed by atoms with Crippen molar-refractivity contribution in [2.75, 3.05) is 6.26 Å². The van der Waals surface area contributed by atoms with Gasteiger partial charge < -0.3 is 0 Å². The van der Waals surface area contributed by atoms with Gasteiger partial charge in [0.25, 0.3) is 0 Å². The highest BCUT2D eigenvalue weighted by Gasteiger charge is 2.20. The molecule has 1 aliphatic rings. The number of carbonyl (C=O) groups is 1. The first-order chi connectivity index (χ1) is 5.34. The van der Waals surface area contributed by atoms with Gasteiger partial charge in [-0.05, 0) is 30.3 Å². The fourth-order valence-corrected chi connectivity index (χ4v) is 1.59. The molecule has 0 heterocycles. The van der Waals surface area contributed by atoms with Crippen LogP contribution in [0.5, 0.6) is 0 Å². The molecule has 0 atom stereocenters. The van der Waals surface area contributed by atoms with Crippen LogP contribution in [0.4, 0.5) is 0 Å². The molecule has 1 aliphatic carbocycles. The molecule has 0 amide bonds. The summed E-state index contributed by atoms with van der Waals surface area (Å²) in [5, 5.41) is 2.74. The van der Waals surface area contributed by atoms with Crippen LogP contribution in [-0.2, 0) is 4.79 Å². The van der Waals surface area contributed by atoms with E-state index in [0.717, 1.165) is 12.8 Å². The molecule has 0 aromatic carbocycles. The fourth-order valence-electron chi connectivity index (χ4n) is 1.39. The van der Waals surface area contributed by atoms with Crippen LogP contribution in [0.25, 0.3) is 0 Å². The standard InChI is InChI=1S/C9H12OS/c1-11-7-6-9(10)8-4-2-3-5-8/h8H,2-5H2,1H3. The van der Waals surface area contributed by atoms with Crippen molar-refractivity contribution in [3.63, 3.8) is 0 Å². The molecular formula is C9H12OS. The molecule has 0 bridgehead atoms. The lowest BCUT2D eigenvalue weighted by atomic mass is 10.0. The van der Waals surface area contributed by atoms with Crippen LogP contribution >= 0.6 is 11.8 Å². The molecule has 11 heavy (non-hydrogen) atoms. The topological polar surface area (TPSA) is 17.1 Å². The molecule has 1 saturated carbocycles. The van der Waals surface area contributed by atoms with E-state index in [4.69, 9.17) is 0 Å². The Morgan fingerprint density at radius 2 is 2.09 bits per heavy atom. The number of hydrogen-bond donors (Lipinski definition) is 0. The van der Waals surface area contributed by atoms with Crippen LogP contribution in [0.2, 0.25) is 0 Å². The first kappa shape index (κ1) is 8.67. The summed E-state index contributed by atoms with van der Waals surface area (Å²) in [7, 11) is 0. The van der Waals surface area contributed by atoms with Gasteiger partial charge in [0.05, 0.1) is 0 Å². The predicted molar refractivity (Wildman–Crippen MR) is 48.3 cm³/mol. The minimum atomic E-state index is 0.150. The van der Waals surface area contributed by atoms with Gasteiger partial charge in [-0.25, -0.2) is 0 Å². The van der Waals surface area contributed by atoms with Crippen molar-refractivity contribution in [3.05, 3.63) is 0 Å². The molecule has 1 nitrogen and oxygen atoms in total. The van der Waals surface area contributed by atoms with Crippen molar-refractivity contribution in [3.8, 4) is 11.2 Å². The van der Waals surface area contributed by atoms with E-state index in [0.29, 0.717) is 0 Å². The smallest absolute Gasteiger partial charge is 0.209 e. The average molecular weight is 168 g/mol. The van der Waals surface area contributed by atoms with Gasteiger partial charge in [-0.3, -0.25) is 4.79 Å². The third kappa shape index (κ3) is 2.59. The van der Waals surface area contributed by atoms with Crippen LogP contribution < -0.4 is 0 Å². The number of thioether (sulfide) groups is 1. The van der Waals surface area contributed by atoms with Crippen molar-refractivity contribution in [1.82, 2.24) is 0 Å². The minimum absolute atomic E-state index is 0.150. The quantitative estimate of drug-likeness (QED) is 0.557. The Morgan fingerprint density at radius 3 is 2.64 bits per heavy atom. The molecule has 0 aromatic heterocycles. The zero-order chi connectivity index (χ0) is 8.10. The van der Waals surface area contributed by atoms with Crippen LogP contribution in [0.1, 0.15) is 25.7 Å². The molecular weight excluding hydrogens is 156 g/mol. The van der Waals surface area contributed by atoms with E-state index in [2.05, 4.69) is 11.2 Å². The van der Waals surface area contributed by atoms with Gasteiger partial charge in [0.1, 0.15) is 0 Å². The molecule has 1 rings (SSSR count). The van der Waals surface area contributed by atoms with Crippen molar-refractivity contribution in [1.29, 1.82) is 0 Å². The van der Waals surface area contributed by atoms with Gasteiger partial charge in [-0.1, -0.05) is 24.6 Å². The van der Waals surface area contributed by atoms with Crippen molar-refractivity contribution < 1.29 is 4.79 Å². The first-order valence-corrected chi connectivity index (χ1v) is 5.15. The SMILES string of the molecule is CSC#CC(=O)C1CCCC1. The molecule has 1 fully saturated rings. The third-order valence-corrected chi connectivity index (χ3v) is 2.31. The second-order valence-corrected chi connectivity index (χ2v) is 3.39. The van der Waals surface area contributed by atoms with E-state index in [1.165, 1.54) is 24.6 Å². The normalized spacial score (nSPS) is 17.5. The van der Waals surface area contributed by atoms with E-state index in [-0.39, 0.29) is 11.7 Å². The Bertz CT molecular complexity index is 193. The summed E-state index contributed by atoms with van der Waals surface area (Å²) in [5.41, 5.74) is 0. The fraction of sp³-hybridized carbons (Fsp3) is 0.667. The third-order valence-electron chi connectivity index (χ3n) is 2.00. The maximum atomic E-state index is 11.2. The lowest BCUT2D eigenvalue weighted by molar-refractivity contribution is -0.117. The number of hydrogen-bond acceptors (Lipinski definition) is 2. The van der Waals surface area contributed by atoms with Crippen LogP contribution in [0, 0.1) is 17.1 Å². The number of rotatable bonds is 1. The number of ketones is 1. The van der Waals surface area contributed by atoms with Gasteiger partial charge >= 0.3 is 0 Å². The molecule has 60 valence electrons.